The van der Waals surface area contributed by atoms with E-state index in [0.717, 1.165) is 19.3 Å². The highest BCUT2D eigenvalue weighted by Crippen LogP contribution is 2.55. The molecule has 6 unspecified atom stereocenters. The molecule has 1 aliphatic heterocycles. The Hall–Kier alpha value is -2.78. The second-order valence-corrected chi connectivity index (χ2v) is 13.4. The second-order valence-electron chi connectivity index (χ2n) is 13.4. The van der Waals surface area contributed by atoms with E-state index in [0.29, 0.717) is 50.9 Å². The van der Waals surface area contributed by atoms with Crippen LogP contribution in [-0.2, 0) is 47.7 Å². The molecule has 42 heavy (non-hydrogen) atoms. The highest BCUT2D eigenvalue weighted by Gasteiger charge is 2.51. The Labute approximate surface area is 248 Å². The number of rotatable bonds is 17. The molecule has 0 spiro atoms. The lowest BCUT2D eigenvalue weighted by Crippen LogP contribution is -2.34. The van der Waals surface area contributed by atoms with Gasteiger partial charge in [-0.05, 0) is 84.5 Å². The SMILES string of the molecule is CCC(CCCC1C(=O)OC(=O)C1CCCC(C)(C)C(=O)OCCOC(=O)CC(C)=O)C(=O)OC1CC2CCC1(C)C2. The first-order valence-corrected chi connectivity index (χ1v) is 15.5. The molecule has 2 saturated carbocycles. The molecule has 0 aromatic heterocycles. The molecule has 3 rings (SSSR count). The summed E-state index contributed by atoms with van der Waals surface area (Å²) in [6.07, 6.45) is 7.76. The maximum Gasteiger partial charge on any atom is 0.317 e. The van der Waals surface area contributed by atoms with Crippen LogP contribution in [0.3, 0.4) is 0 Å². The summed E-state index contributed by atoms with van der Waals surface area (Å²) in [5, 5.41) is 0. The molecule has 0 aromatic carbocycles. The quantitative estimate of drug-likeness (QED) is 0.0993. The number of hydrogen-bond donors (Lipinski definition) is 0. The summed E-state index contributed by atoms with van der Waals surface area (Å²) < 4.78 is 21.0. The van der Waals surface area contributed by atoms with Gasteiger partial charge in [0.05, 0.1) is 23.2 Å². The van der Waals surface area contributed by atoms with Crippen LogP contribution in [0.25, 0.3) is 0 Å². The van der Waals surface area contributed by atoms with Crippen molar-refractivity contribution in [3.05, 3.63) is 0 Å². The van der Waals surface area contributed by atoms with Gasteiger partial charge in [-0.15, -0.1) is 0 Å². The Morgan fingerprint density at radius 3 is 2.24 bits per heavy atom. The van der Waals surface area contributed by atoms with Gasteiger partial charge in [0.15, 0.2) is 0 Å². The number of hydrogen-bond acceptors (Lipinski definition) is 10. The Morgan fingerprint density at radius 2 is 1.67 bits per heavy atom. The molecule has 3 aliphatic rings. The Bertz CT molecular complexity index is 1030. The van der Waals surface area contributed by atoms with Crippen molar-refractivity contribution < 1.29 is 47.7 Å². The Balaban J connectivity index is 1.40. The predicted molar refractivity (Wildman–Crippen MR) is 151 cm³/mol. The molecule has 6 atom stereocenters. The van der Waals surface area contributed by atoms with Crippen LogP contribution in [-0.4, -0.2) is 54.9 Å². The topological polar surface area (TPSA) is 139 Å². The van der Waals surface area contributed by atoms with E-state index in [2.05, 4.69) is 6.92 Å². The normalized spacial score (nSPS) is 27.5. The van der Waals surface area contributed by atoms with Crippen LogP contribution < -0.4 is 0 Å². The Kier molecular flexibility index (Phi) is 11.7. The summed E-state index contributed by atoms with van der Waals surface area (Å²) in [5.41, 5.74) is -0.743. The third-order valence-electron chi connectivity index (χ3n) is 9.49. The molecule has 0 amide bonds. The molecule has 236 valence electrons. The summed E-state index contributed by atoms with van der Waals surface area (Å²) in [7, 11) is 0. The monoisotopic (exact) mass is 592 g/mol. The van der Waals surface area contributed by atoms with Crippen LogP contribution in [0.4, 0.5) is 0 Å². The number of carbonyl (C=O) groups is 6. The van der Waals surface area contributed by atoms with Crippen molar-refractivity contribution in [1.82, 2.24) is 0 Å². The molecule has 2 bridgehead atoms. The van der Waals surface area contributed by atoms with Gasteiger partial charge < -0.3 is 18.9 Å². The zero-order valence-electron chi connectivity index (χ0n) is 25.9. The lowest BCUT2D eigenvalue weighted by molar-refractivity contribution is -0.160. The fourth-order valence-electron chi connectivity index (χ4n) is 6.80. The molecule has 10 nitrogen and oxygen atoms in total. The van der Waals surface area contributed by atoms with E-state index >= 15 is 0 Å². The van der Waals surface area contributed by atoms with Crippen LogP contribution in [0.5, 0.6) is 0 Å². The maximum absolute atomic E-state index is 13.0. The maximum atomic E-state index is 13.0. The molecule has 0 aromatic rings. The highest BCUT2D eigenvalue weighted by atomic mass is 16.6. The van der Waals surface area contributed by atoms with Crippen molar-refractivity contribution >= 4 is 35.6 Å². The third kappa shape index (κ3) is 8.86. The zero-order valence-corrected chi connectivity index (χ0v) is 25.9. The molecular formula is C32H48O10. The minimum absolute atomic E-state index is 0.00132. The van der Waals surface area contributed by atoms with E-state index < -0.39 is 41.1 Å². The second kappa shape index (κ2) is 14.6. The lowest BCUT2D eigenvalue weighted by atomic mass is 9.81. The van der Waals surface area contributed by atoms with Crippen molar-refractivity contribution in [3.8, 4) is 0 Å². The molecule has 10 heteroatoms. The third-order valence-corrected chi connectivity index (χ3v) is 9.49. The van der Waals surface area contributed by atoms with Gasteiger partial charge in [-0.2, -0.15) is 0 Å². The number of esters is 5. The average molecular weight is 593 g/mol. The first kappa shape index (κ1) is 33.7. The standard InChI is InChI=1S/C32H48O10/c1-6-22(27(35)41-25-18-21-12-14-32(25,5)19-21)9-7-10-23-24(29(37)42-28(23)36)11-8-13-31(3,4)30(38)40-16-15-39-26(34)17-20(2)33/h21-25H,6-19H2,1-5H3. The van der Waals surface area contributed by atoms with Crippen molar-refractivity contribution in [2.75, 3.05) is 13.2 Å². The number of carbonyl (C=O) groups excluding carboxylic acids is 6. The Morgan fingerprint density at radius 1 is 1.02 bits per heavy atom. The van der Waals surface area contributed by atoms with E-state index in [-0.39, 0.29) is 48.8 Å². The van der Waals surface area contributed by atoms with Crippen LogP contribution in [0.2, 0.25) is 0 Å². The highest BCUT2D eigenvalue weighted by molar-refractivity contribution is 5.96. The summed E-state index contributed by atoms with van der Waals surface area (Å²) in [6.45, 7) is 8.69. The number of fused-ring (bicyclic) bond motifs is 2. The lowest BCUT2D eigenvalue weighted by Gasteiger charge is -2.32. The molecule has 0 radical (unpaired) electrons. The molecule has 1 heterocycles. The molecule has 3 fully saturated rings. The van der Waals surface area contributed by atoms with Crippen LogP contribution in [0.15, 0.2) is 0 Å². The number of ether oxygens (including phenoxy) is 4. The first-order valence-electron chi connectivity index (χ1n) is 15.5. The fourth-order valence-corrected chi connectivity index (χ4v) is 6.80. The average Bonchev–Trinajstić information content (AvgIpc) is 3.52. The van der Waals surface area contributed by atoms with Gasteiger partial charge in [-0.3, -0.25) is 28.8 Å². The van der Waals surface area contributed by atoms with Gasteiger partial charge in [0.2, 0.25) is 0 Å². The summed E-state index contributed by atoms with van der Waals surface area (Å²) in [5.74, 6) is -3.35. The van der Waals surface area contributed by atoms with Gasteiger partial charge >= 0.3 is 29.8 Å². The van der Waals surface area contributed by atoms with E-state index in [1.807, 2.05) is 6.92 Å². The number of Topliss-reactive ketones (excluding diaryl/α,β-unsaturated/α-hetero) is 1. The van der Waals surface area contributed by atoms with Crippen molar-refractivity contribution in [2.24, 2.45) is 34.5 Å². The van der Waals surface area contributed by atoms with Crippen molar-refractivity contribution in [3.63, 3.8) is 0 Å². The van der Waals surface area contributed by atoms with Crippen molar-refractivity contribution in [2.45, 2.75) is 118 Å². The summed E-state index contributed by atoms with van der Waals surface area (Å²) >= 11 is 0. The summed E-state index contributed by atoms with van der Waals surface area (Å²) in [4.78, 5) is 72.8. The predicted octanol–water partition coefficient (Wildman–Crippen LogP) is 4.88. The van der Waals surface area contributed by atoms with Crippen LogP contribution >= 0.6 is 0 Å². The van der Waals surface area contributed by atoms with Crippen LogP contribution in [0, 0.1) is 34.5 Å². The molecule has 1 saturated heterocycles. The molecular weight excluding hydrogens is 544 g/mol. The van der Waals surface area contributed by atoms with E-state index in [1.54, 1.807) is 13.8 Å². The minimum Gasteiger partial charge on any atom is -0.462 e. The van der Waals surface area contributed by atoms with Gasteiger partial charge in [0.1, 0.15) is 31.5 Å². The van der Waals surface area contributed by atoms with Crippen LogP contribution in [0.1, 0.15) is 112 Å². The van der Waals surface area contributed by atoms with E-state index in [9.17, 15) is 28.8 Å². The fraction of sp³-hybridized carbons (Fsp3) is 0.812. The smallest absolute Gasteiger partial charge is 0.317 e. The largest absolute Gasteiger partial charge is 0.462 e. The minimum atomic E-state index is -0.851. The van der Waals surface area contributed by atoms with E-state index in [4.69, 9.17) is 18.9 Å². The first-order chi connectivity index (χ1) is 19.8. The summed E-state index contributed by atoms with van der Waals surface area (Å²) in [6, 6.07) is 0. The molecule has 2 aliphatic carbocycles. The number of cyclic esters (lactones) is 2. The van der Waals surface area contributed by atoms with Gasteiger partial charge in [-0.25, -0.2) is 0 Å². The van der Waals surface area contributed by atoms with Gasteiger partial charge in [0.25, 0.3) is 0 Å². The van der Waals surface area contributed by atoms with E-state index in [1.165, 1.54) is 13.3 Å². The number of ketones is 1. The molecule has 0 N–H and O–H groups in total. The van der Waals surface area contributed by atoms with Gasteiger partial charge in [0, 0.05) is 5.41 Å². The van der Waals surface area contributed by atoms with Crippen molar-refractivity contribution in [1.29, 1.82) is 0 Å². The zero-order chi connectivity index (χ0) is 31.1. The van der Waals surface area contributed by atoms with Gasteiger partial charge in [-0.1, -0.05) is 26.7 Å².